The van der Waals surface area contributed by atoms with Crippen molar-refractivity contribution >= 4 is 17.3 Å². The average Bonchev–Trinajstić information content (AvgIpc) is 2.47. The molecule has 0 atom stereocenters. The largest absolute Gasteiger partial charge is 0.360 e. The van der Waals surface area contributed by atoms with E-state index >= 15 is 0 Å². The zero-order valence-electron chi connectivity index (χ0n) is 11.3. The van der Waals surface area contributed by atoms with Gasteiger partial charge >= 0.3 is 0 Å². The van der Waals surface area contributed by atoms with E-state index in [1.54, 1.807) is 6.33 Å². The molecule has 0 radical (unpaired) electrons. The summed E-state index contributed by atoms with van der Waals surface area (Å²) in [4.78, 5) is 10.5. The molecule has 0 aliphatic rings. The first-order valence-corrected chi connectivity index (χ1v) is 6.32. The van der Waals surface area contributed by atoms with E-state index in [1.807, 2.05) is 37.4 Å². The van der Waals surface area contributed by atoms with Crippen LogP contribution in [0.15, 0.2) is 36.7 Å². The summed E-state index contributed by atoms with van der Waals surface area (Å²) < 4.78 is 0. The molecule has 19 heavy (non-hydrogen) atoms. The molecule has 0 aliphatic heterocycles. The molecule has 5 nitrogen and oxygen atoms in total. The molecule has 1 aromatic carbocycles. The van der Waals surface area contributed by atoms with Crippen LogP contribution in [-0.4, -0.2) is 23.6 Å². The minimum atomic E-state index is 0.555. The lowest BCUT2D eigenvalue weighted by Crippen LogP contribution is -2.17. The SMILES string of the molecule is CCN(C)c1cc(Nc2ccc(CN)cc2)ncn1. The third-order valence-corrected chi connectivity index (χ3v) is 2.98. The monoisotopic (exact) mass is 257 g/mol. The van der Waals surface area contributed by atoms with E-state index in [4.69, 9.17) is 5.73 Å². The van der Waals surface area contributed by atoms with Gasteiger partial charge < -0.3 is 16.0 Å². The van der Waals surface area contributed by atoms with Crippen LogP contribution in [0, 0.1) is 0 Å². The Morgan fingerprint density at radius 2 is 1.95 bits per heavy atom. The quantitative estimate of drug-likeness (QED) is 0.859. The number of nitrogens with two attached hydrogens (primary N) is 1. The van der Waals surface area contributed by atoms with Gasteiger partial charge in [0.05, 0.1) is 0 Å². The van der Waals surface area contributed by atoms with Crippen LogP contribution >= 0.6 is 0 Å². The van der Waals surface area contributed by atoms with Crippen molar-refractivity contribution in [3.8, 4) is 0 Å². The maximum Gasteiger partial charge on any atom is 0.135 e. The number of benzene rings is 1. The van der Waals surface area contributed by atoms with Gasteiger partial charge in [0.25, 0.3) is 0 Å². The molecule has 3 N–H and O–H groups in total. The first kappa shape index (κ1) is 13.3. The summed E-state index contributed by atoms with van der Waals surface area (Å²) in [5.74, 6) is 1.68. The third-order valence-electron chi connectivity index (χ3n) is 2.98. The minimum Gasteiger partial charge on any atom is -0.360 e. The fourth-order valence-electron chi connectivity index (χ4n) is 1.66. The van der Waals surface area contributed by atoms with Crippen molar-refractivity contribution in [1.29, 1.82) is 0 Å². The van der Waals surface area contributed by atoms with Gasteiger partial charge in [-0.25, -0.2) is 9.97 Å². The number of anilines is 3. The van der Waals surface area contributed by atoms with Crippen LogP contribution in [0.25, 0.3) is 0 Å². The Morgan fingerprint density at radius 1 is 1.21 bits per heavy atom. The van der Waals surface area contributed by atoms with Crippen LogP contribution in [0.2, 0.25) is 0 Å². The van der Waals surface area contributed by atoms with Gasteiger partial charge in [0.1, 0.15) is 18.0 Å². The van der Waals surface area contributed by atoms with Gasteiger partial charge in [0.15, 0.2) is 0 Å². The number of aromatic nitrogens is 2. The Hall–Kier alpha value is -2.14. The van der Waals surface area contributed by atoms with Gasteiger partial charge in [-0.2, -0.15) is 0 Å². The van der Waals surface area contributed by atoms with Gasteiger partial charge in [-0.15, -0.1) is 0 Å². The Morgan fingerprint density at radius 3 is 2.58 bits per heavy atom. The van der Waals surface area contributed by atoms with Crippen LogP contribution in [-0.2, 0) is 6.54 Å². The summed E-state index contributed by atoms with van der Waals surface area (Å²) in [6.07, 6.45) is 1.57. The molecule has 0 saturated carbocycles. The first-order chi connectivity index (χ1) is 9.22. The number of nitrogens with zero attached hydrogens (tertiary/aromatic N) is 3. The highest BCUT2D eigenvalue weighted by atomic mass is 15.2. The molecule has 5 heteroatoms. The van der Waals surface area contributed by atoms with Crippen molar-refractivity contribution < 1.29 is 0 Å². The summed E-state index contributed by atoms with van der Waals surface area (Å²) in [5, 5.41) is 3.26. The van der Waals surface area contributed by atoms with E-state index in [-0.39, 0.29) is 0 Å². The Kier molecular flexibility index (Phi) is 4.30. The van der Waals surface area contributed by atoms with Crippen molar-refractivity contribution in [2.75, 3.05) is 23.8 Å². The van der Waals surface area contributed by atoms with Crippen LogP contribution in [0.1, 0.15) is 12.5 Å². The fraction of sp³-hybridized carbons (Fsp3) is 0.286. The van der Waals surface area contributed by atoms with Crippen LogP contribution < -0.4 is 16.0 Å². The maximum absolute atomic E-state index is 5.57. The lowest BCUT2D eigenvalue weighted by atomic mass is 10.2. The fourth-order valence-corrected chi connectivity index (χ4v) is 1.66. The zero-order chi connectivity index (χ0) is 13.7. The van der Waals surface area contributed by atoms with Crippen LogP contribution in [0.5, 0.6) is 0 Å². The standard InChI is InChI=1S/C14H19N5/c1-3-19(2)14-8-13(16-10-17-14)18-12-6-4-11(9-15)5-7-12/h4-8,10H,3,9,15H2,1-2H3,(H,16,17,18). The van der Waals surface area contributed by atoms with E-state index in [1.165, 1.54) is 0 Å². The van der Waals surface area contributed by atoms with Gasteiger partial charge in [-0.05, 0) is 24.6 Å². The van der Waals surface area contributed by atoms with Gasteiger partial charge in [-0.1, -0.05) is 12.1 Å². The molecule has 1 heterocycles. The molecule has 2 aromatic rings. The zero-order valence-corrected chi connectivity index (χ0v) is 11.3. The summed E-state index contributed by atoms with van der Waals surface area (Å²) in [6.45, 7) is 3.54. The molecule has 0 aliphatic carbocycles. The van der Waals surface area contributed by atoms with E-state index in [0.29, 0.717) is 6.54 Å². The maximum atomic E-state index is 5.57. The molecule has 2 rings (SSSR count). The molecule has 0 saturated heterocycles. The number of rotatable bonds is 5. The predicted molar refractivity (Wildman–Crippen MR) is 78.6 cm³/mol. The van der Waals surface area contributed by atoms with Crippen molar-refractivity contribution in [3.63, 3.8) is 0 Å². The third kappa shape index (κ3) is 3.42. The molecular formula is C14H19N5. The van der Waals surface area contributed by atoms with E-state index in [2.05, 4.69) is 27.1 Å². The highest BCUT2D eigenvalue weighted by Gasteiger charge is 2.02. The highest BCUT2D eigenvalue weighted by molar-refractivity contribution is 5.59. The number of nitrogens with one attached hydrogen (secondary N) is 1. The summed E-state index contributed by atoms with van der Waals surface area (Å²) in [6, 6.07) is 9.92. The van der Waals surface area contributed by atoms with Crippen LogP contribution in [0.3, 0.4) is 0 Å². The molecule has 100 valence electrons. The smallest absolute Gasteiger partial charge is 0.135 e. The highest BCUT2D eigenvalue weighted by Crippen LogP contribution is 2.18. The summed E-state index contributed by atoms with van der Waals surface area (Å²) in [5.41, 5.74) is 7.67. The molecule has 0 spiro atoms. The van der Waals surface area contributed by atoms with Crippen LogP contribution in [0.4, 0.5) is 17.3 Å². The summed E-state index contributed by atoms with van der Waals surface area (Å²) in [7, 11) is 2.00. The number of hydrogen-bond donors (Lipinski definition) is 2. The topological polar surface area (TPSA) is 67.1 Å². The van der Waals surface area contributed by atoms with Crippen molar-refractivity contribution in [2.45, 2.75) is 13.5 Å². The Labute approximate surface area is 113 Å². The number of hydrogen-bond acceptors (Lipinski definition) is 5. The Bertz CT molecular complexity index is 524. The van der Waals surface area contributed by atoms with Crippen molar-refractivity contribution in [2.24, 2.45) is 5.73 Å². The lowest BCUT2D eigenvalue weighted by Gasteiger charge is -2.16. The molecule has 0 bridgehead atoms. The van der Waals surface area contributed by atoms with E-state index < -0.39 is 0 Å². The second kappa shape index (κ2) is 6.15. The van der Waals surface area contributed by atoms with E-state index in [9.17, 15) is 0 Å². The van der Waals surface area contributed by atoms with Gasteiger partial charge in [-0.3, -0.25) is 0 Å². The summed E-state index contributed by atoms with van der Waals surface area (Å²) >= 11 is 0. The van der Waals surface area contributed by atoms with Gasteiger partial charge in [0, 0.05) is 31.9 Å². The molecule has 0 unspecified atom stereocenters. The second-order valence-corrected chi connectivity index (χ2v) is 4.30. The van der Waals surface area contributed by atoms with Crippen molar-refractivity contribution in [3.05, 3.63) is 42.2 Å². The van der Waals surface area contributed by atoms with Gasteiger partial charge in [0.2, 0.25) is 0 Å². The Balaban J connectivity index is 2.13. The lowest BCUT2D eigenvalue weighted by molar-refractivity contribution is 0.930. The second-order valence-electron chi connectivity index (χ2n) is 4.30. The van der Waals surface area contributed by atoms with E-state index in [0.717, 1.165) is 29.4 Å². The first-order valence-electron chi connectivity index (χ1n) is 6.32. The average molecular weight is 257 g/mol. The minimum absolute atomic E-state index is 0.555. The predicted octanol–water partition coefficient (Wildman–Crippen LogP) is 2.13. The normalized spacial score (nSPS) is 10.3. The van der Waals surface area contributed by atoms with Crippen molar-refractivity contribution in [1.82, 2.24) is 9.97 Å². The molecule has 0 amide bonds. The molecule has 1 aromatic heterocycles. The molecule has 0 fully saturated rings. The molecular weight excluding hydrogens is 238 g/mol.